The Labute approximate surface area is 107 Å². The molecule has 2 aromatic rings. The molecular weight excluding hydrogens is 236 g/mol. The minimum Gasteiger partial charge on any atom is -1.00 e. The van der Waals surface area contributed by atoms with Gasteiger partial charge in [0.1, 0.15) is 0 Å². The molecule has 4 N–H and O–H groups in total. The monoisotopic (exact) mass is 251 g/mol. The topological polar surface area (TPSA) is 70.4 Å². The zero-order valence-corrected chi connectivity index (χ0v) is 10.3. The lowest BCUT2D eigenvalue weighted by molar-refractivity contribution is -0.00000429. The van der Waals surface area contributed by atoms with E-state index in [0.717, 1.165) is 29.4 Å². The lowest BCUT2D eigenvalue weighted by Gasteiger charge is -2.18. The van der Waals surface area contributed by atoms with Crippen molar-refractivity contribution in [3.8, 4) is 0 Å². The van der Waals surface area contributed by atoms with E-state index >= 15 is 0 Å². The summed E-state index contributed by atoms with van der Waals surface area (Å²) in [5, 5.41) is 1.11. The van der Waals surface area contributed by atoms with Crippen molar-refractivity contribution in [2.75, 3.05) is 5.73 Å². The number of para-hydroxylation sites is 1. The lowest BCUT2D eigenvalue weighted by atomic mass is 9.93. The van der Waals surface area contributed by atoms with E-state index in [1.807, 2.05) is 18.2 Å². The zero-order valence-electron chi connectivity index (χ0n) is 9.54. The second-order valence-electron chi connectivity index (χ2n) is 4.17. The maximum atomic E-state index is 6.20. The first-order valence-corrected chi connectivity index (χ1v) is 5.52. The number of aromatic nitrogens is 1. The maximum Gasteiger partial charge on any atom is 0.0726 e. The van der Waals surface area contributed by atoms with Crippen LogP contribution in [0, 0.1) is 0 Å². The summed E-state index contributed by atoms with van der Waals surface area (Å²) in [6.07, 6.45) is 4.68. The molecule has 1 heterocycles. The number of hydrogen-bond acceptors (Lipinski definition) is 2. The zero-order chi connectivity index (χ0) is 10.3. The predicted octanol–water partition coefficient (Wildman–Crippen LogP) is -1.12. The molecule has 92 valence electrons. The van der Waals surface area contributed by atoms with Gasteiger partial charge in [0.15, 0.2) is 0 Å². The Bertz CT molecular complexity index is 528. The largest absolute Gasteiger partial charge is 1.00 e. The van der Waals surface area contributed by atoms with Crippen molar-refractivity contribution in [1.29, 1.82) is 0 Å². The summed E-state index contributed by atoms with van der Waals surface area (Å²) < 4.78 is 0. The second kappa shape index (κ2) is 5.34. The van der Waals surface area contributed by atoms with E-state index in [1.165, 1.54) is 24.1 Å². The van der Waals surface area contributed by atoms with Gasteiger partial charge in [0.2, 0.25) is 0 Å². The fourth-order valence-corrected chi connectivity index (χ4v) is 2.41. The molecule has 0 radical (unpaired) electrons. The third-order valence-corrected chi connectivity index (χ3v) is 3.21. The number of rotatable bonds is 0. The summed E-state index contributed by atoms with van der Waals surface area (Å²) in [6, 6.07) is 8.15. The maximum absolute atomic E-state index is 6.20. The Balaban J connectivity index is 0.000000722. The number of nitrogen functional groups attached to an aromatic ring is 1. The van der Waals surface area contributed by atoms with Crippen LogP contribution in [0.5, 0.6) is 0 Å². The lowest BCUT2D eigenvalue weighted by Crippen LogP contribution is -3.00. The molecule has 0 atom stereocenters. The third-order valence-electron chi connectivity index (χ3n) is 3.21. The van der Waals surface area contributed by atoms with Gasteiger partial charge in [0, 0.05) is 16.8 Å². The van der Waals surface area contributed by atoms with E-state index in [9.17, 15) is 0 Å². The van der Waals surface area contributed by atoms with Crippen molar-refractivity contribution in [2.24, 2.45) is 0 Å². The van der Waals surface area contributed by atoms with Gasteiger partial charge in [-0.15, -0.1) is 0 Å². The van der Waals surface area contributed by atoms with Crippen LogP contribution in [-0.2, 0) is 12.8 Å². The Morgan fingerprint density at radius 1 is 1.06 bits per heavy atom. The highest BCUT2D eigenvalue weighted by atomic mass is 35.5. The van der Waals surface area contributed by atoms with Gasteiger partial charge in [-0.25, -0.2) is 0 Å². The van der Waals surface area contributed by atoms with E-state index in [0.29, 0.717) is 0 Å². The molecule has 3 rings (SSSR count). The molecule has 0 bridgehead atoms. The van der Waals surface area contributed by atoms with Crippen LogP contribution < -0.4 is 18.1 Å². The third kappa shape index (κ3) is 2.21. The first kappa shape index (κ1) is 13.7. The summed E-state index contributed by atoms with van der Waals surface area (Å²) in [6.45, 7) is 0. The number of benzene rings is 1. The average molecular weight is 252 g/mol. The molecule has 0 saturated heterocycles. The van der Waals surface area contributed by atoms with Crippen LogP contribution in [0.1, 0.15) is 24.1 Å². The van der Waals surface area contributed by atoms with E-state index in [2.05, 4.69) is 6.07 Å². The fraction of sp³-hybridized carbons (Fsp3) is 0.308. The summed E-state index contributed by atoms with van der Waals surface area (Å²) in [5.41, 5.74) is 10.7. The van der Waals surface area contributed by atoms with Gasteiger partial charge in [-0.05, 0) is 37.3 Å². The van der Waals surface area contributed by atoms with Crippen LogP contribution in [0.3, 0.4) is 0 Å². The van der Waals surface area contributed by atoms with Gasteiger partial charge in [-0.3, -0.25) is 4.98 Å². The summed E-state index contributed by atoms with van der Waals surface area (Å²) in [7, 11) is 0. The van der Waals surface area contributed by atoms with Crippen molar-refractivity contribution in [2.45, 2.75) is 25.7 Å². The van der Waals surface area contributed by atoms with Gasteiger partial charge in [0.05, 0.1) is 5.52 Å². The van der Waals surface area contributed by atoms with Crippen LogP contribution in [0.15, 0.2) is 24.3 Å². The molecule has 0 aliphatic heterocycles. The van der Waals surface area contributed by atoms with Gasteiger partial charge in [-0.2, -0.15) is 0 Å². The van der Waals surface area contributed by atoms with Crippen LogP contribution in [0.4, 0.5) is 5.69 Å². The minimum absolute atomic E-state index is 0. The van der Waals surface area contributed by atoms with Crippen molar-refractivity contribution in [3.63, 3.8) is 0 Å². The van der Waals surface area contributed by atoms with Crippen molar-refractivity contribution in [3.05, 3.63) is 35.5 Å². The standard InChI is InChI=1S/C13H14N2.ClH.H2O/c14-13-9-5-1-3-7-11(9)15-12-8-4-2-6-10(12)13;;/h1,3,5,7H,2,4,6,8H2,(H2,14,15);1H;1H2/p-1. The normalized spacial score (nSPS) is 13.4. The first-order chi connectivity index (χ1) is 7.36. The molecule has 1 aliphatic carbocycles. The Hall–Kier alpha value is -1.32. The molecule has 0 amide bonds. The number of hydrogen-bond donors (Lipinski definition) is 1. The quantitative estimate of drug-likeness (QED) is 0.644. The van der Waals surface area contributed by atoms with Crippen LogP contribution in [-0.4, -0.2) is 10.5 Å². The number of halogens is 1. The van der Waals surface area contributed by atoms with Crippen molar-refractivity contribution < 1.29 is 17.9 Å². The van der Waals surface area contributed by atoms with E-state index in [4.69, 9.17) is 10.7 Å². The number of nitrogens with two attached hydrogens (primary N) is 1. The number of pyridine rings is 1. The fourth-order valence-electron chi connectivity index (χ4n) is 2.41. The van der Waals surface area contributed by atoms with Crippen LogP contribution >= 0.6 is 0 Å². The van der Waals surface area contributed by atoms with E-state index < -0.39 is 0 Å². The van der Waals surface area contributed by atoms with Gasteiger partial charge >= 0.3 is 0 Å². The van der Waals surface area contributed by atoms with Gasteiger partial charge in [0.25, 0.3) is 0 Å². The Morgan fingerprint density at radius 2 is 1.76 bits per heavy atom. The summed E-state index contributed by atoms with van der Waals surface area (Å²) in [5.74, 6) is 0. The molecule has 4 heteroatoms. The van der Waals surface area contributed by atoms with Crippen LogP contribution in [0.2, 0.25) is 0 Å². The molecular formula is C13H16ClN2O-. The molecule has 0 unspecified atom stereocenters. The highest BCUT2D eigenvalue weighted by Crippen LogP contribution is 2.30. The smallest absolute Gasteiger partial charge is 0.0726 e. The molecule has 1 aliphatic rings. The Morgan fingerprint density at radius 3 is 2.59 bits per heavy atom. The highest BCUT2D eigenvalue weighted by molar-refractivity contribution is 5.92. The number of fused-ring (bicyclic) bond motifs is 2. The second-order valence-corrected chi connectivity index (χ2v) is 4.17. The van der Waals surface area contributed by atoms with Crippen LogP contribution in [0.25, 0.3) is 10.9 Å². The molecule has 3 nitrogen and oxygen atoms in total. The summed E-state index contributed by atoms with van der Waals surface area (Å²) >= 11 is 0. The van der Waals surface area contributed by atoms with Gasteiger partial charge < -0.3 is 23.6 Å². The molecule has 0 fully saturated rings. The molecule has 1 aromatic carbocycles. The Kier molecular flexibility index (Phi) is 4.32. The number of anilines is 1. The summed E-state index contributed by atoms with van der Waals surface area (Å²) in [4.78, 5) is 4.70. The number of aryl methyl sites for hydroxylation is 1. The highest BCUT2D eigenvalue weighted by Gasteiger charge is 2.15. The molecule has 0 spiro atoms. The first-order valence-electron chi connectivity index (χ1n) is 5.52. The van der Waals surface area contributed by atoms with E-state index in [1.54, 1.807) is 0 Å². The predicted molar refractivity (Wildman–Crippen MR) is 66.4 cm³/mol. The van der Waals surface area contributed by atoms with Gasteiger partial charge in [-0.1, -0.05) is 18.2 Å². The number of nitrogens with zero attached hydrogens (tertiary/aromatic N) is 1. The van der Waals surface area contributed by atoms with Crippen molar-refractivity contribution in [1.82, 2.24) is 4.98 Å². The molecule has 1 aromatic heterocycles. The molecule has 0 saturated carbocycles. The minimum atomic E-state index is 0. The van der Waals surface area contributed by atoms with Crippen molar-refractivity contribution >= 4 is 16.6 Å². The van der Waals surface area contributed by atoms with E-state index in [-0.39, 0.29) is 17.9 Å². The SMILES string of the molecule is Nc1c2c(nc3ccccc13)CCCC2.O.[Cl-]. The average Bonchev–Trinajstić information content (AvgIpc) is 2.30. The molecule has 17 heavy (non-hydrogen) atoms.